The maximum Gasteiger partial charge on any atom is 0.137 e. The molecule has 230 valence electrons. The van der Waals surface area contributed by atoms with Crippen LogP contribution in [-0.2, 0) is 0 Å². The summed E-state index contributed by atoms with van der Waals surface area (Å²) >= 11 is 1.86. The zero-order chi connectivity index (χ0) is 32.3. The highest BCUT2D eigenvalue weighted by molar-refractivity contribution is 7.26. The highest BCUT2D eigenvalue weighted by atomic mass is 32.1. The van der Waals surface area contributed by atoms with Crippen LogP contribution in [0.15, 0.2) is 180 Å². The van der Waals surface area contributed by atoms with E-state index in [9.17, 15) is 0 Å². The van der Waals surface area contributed by atoms with Gasteiger partial charge in [0.2, 0.25) is 0 Å². The van der Waals surface area contributed by atoms with Gasteiger partial charge in [0, 0.05) is 54.1 Å². The average molecular weight is 644 g/mol. The van der Waals surface area contributed by atoms with Gasteiger partial charge in [0.1, 0.15) is 11.2 Å². The van der Waals surface area contributed by atoms with Gasteiger partial charge in [-0.05, 0) is 87.6 Å². The molecule has 0 fully saturated rings. The Morgan fingerprint density at radius 3 is 1.82 bits per heavy atom. The quantitative estimate of drug-likeness (QED) is 0.186. The van der Waals surface area contributed by atoms with E-state index in [1.54, 1.807) is 0 Å². The number of nitrogens with zero attached hydrogens (tertiary/aromatic N) is 1. The lowest BCUT2D eigenvalue weighted by Gasteiger charge is -2.26. The van der Waals surface area contributed by atoms with Crippen molar-refractivity contribution in [2.45, 2.75) is 0 Å². The van der Waals surface area contributed by atoms with E-state index in [0.29, 0.717) is 0 Å². The van der Waals surface area contributed by atoms with E-state index in [0.717, 1.165) is 39.0 Å². The summed E-state index contributed by atoms with van der Waals surface area (Å²) in [5, 5.41) is 7.41. The van der Waals surface area contributed by atoms with E-state index in [1.165, 1.54) is 53.2 Å². The summed E-state index contributed by atoms with van der Waals surface area (Å²) in [5.41, 5.74) is 9.85. The summed E-state index contributed by atoms with van der Waals surface area (Å²) in [6.45, 7) is 0. The Labute approximate surface area is 287 Å². The van der Waals surface area contributed by atoms with Gasteiger partial charge in [0.05, 0.1) is 0 Å². The number of rotatable bonds is 5. The van der Waals surface area contributed by atoms with Crippen molar-refractivity contribution >= 4 is 81.3 Å². The summed E-state index contributed by atoms with van der Waals surface area (Å²) < 4.78 is 9.01. The molecule has 10 rings (SSSR count). The molecule has 2 heterocycles. The highest BCUT2D eigenvalue weighted by Crippen LogP contribution is 2.43. The monoisotopic (exact) mass is 643 g/mol. The van der Waals surface area contributed by atoms with E-state index < -0.39 is 0 Å². The van der Waals surface area contributed by atoms with Gasteiger partial charge in [-0.3, -0.25) is 0 Å². The highest BCUT2D eigenvalue weighted by Gasteiger charge is 2.18. The van der Waals surface area contributed by atoms with Crippen LogP contribution in [0.1, 0.15) is 0 Å². The first-order valence-electron chi connectivity index (χ1n) is 16.6. The number of thiophene rings is 1. The Morgan fingerprint density at radius 2 is 1.00 bits per heavy atom. The topological polar surface area (TPSA) is 16.4 Å². The van der Waals surface area contributed by atoms with E-state index in [4.69, 9.17) is 4.42 Å². The number of hydrogen-bond acceptors (Lipinski definition) is 3. The van der Waals surface area contributed by atoms with Gasteiger partial charge in [0.25, 0.3) is 0 Å². The molecular weight excluding hydrogens is 615 g/mol. The number of para-hydroxylation sites is 1. The Morgan fingerprint density at radius 1 is 0.388 bits per heavy atom. The SMILES string of the molecule is c1ccc(-c2ccccc2-c2ccc(N(c3ccc4c(ccc5sc6ccccc6c54)c3)c3ccc4c(c3)oc3ccccc34)cc2)cc1. The van der Waals surface area contributed by atoms with Crippen LogP contribution in [0.3, 0.4) is 0 Å². The van der Waals surface area contributed by atoms with Gasteiger partial charge >= 0.3 is 0 Å². The molecule has 0 bridgehead atoms. The van der Waals surface area contributed by atoms with Crippen LogP contribution in [0, 0.1) is 0 Å². The predicted molar refractivity (Wildman–Crippen MR) is 210 cm³/mol. The van der Waals surface area contributed by atoms with Crippen molar-refractivity contribution < 1.29 is 4.42 Å². The van der Waals surface area contributed by atoms with E-state index in [2.05, 4.69) is 169 Å². The molecule has 0 aliphatic rings. The Kier molecular flexibility index (Phi) is 6.39. The molecule has 0 saturated heterocycles. The Hall–Kier alpha value is -6.16. The van der Waals surface area contributed by atoms with Gasteiger partial charge in [-0.25, -0.2) is 0 Å². The molecule has 0 aliphatic heterocycles. The lowest BCUT2D eigenvalue weighted by Crippen LogP contribution is -2.09. The van der Waals surface area contributed by atoms with Crippen LogP contribution in [0.5, 0.6) is 0 Å². The van der Waals surface area contributed by atoms with E-state index in [1.807, 2.05) is 23.5 Å². The van der Waals surface area contributed by atoms with Crippen molar-refractivity contribution in [3.8, 4) is 22.3 Å². The first-order valence-corrected chi connectivity index (χ1v) is 17.4. The molecule has 3 heteroatoms. The lowest BCUT2D eigenvalue weighted by atomic mass is 9.94. The van der Waals surface area contributed by atoms with Crippen LogP contribution in [0.2, 0.25) is 0 Å². The van der Waals surface area contributed by atoms with Crippen LogP contribution in [0.25, 0.3) is 75.1 Å². The molecule has 0 amide bonds. The maximum atomic E-state index is 6.37. The molecule has 0 atom stereocenters. The number of hydrogen-bond donors (Lipinski definition) is 0. The summed E-state index contributed by atoms with van der Waals surface area (Å²) in [7, 11) is 0. The largest absolute Gasteiger partial charge is 0.456 e. The zero-order valence-corrected chi connectivity index (χ0v) is 27.3. The van der Waals surface area contributed by atoms with E-state index >= 15 is 0 Å². The fourth-order valence-corrected chi connectivity index (χ4v) is 8.50. The molecule has 0 aliphatic carbocycles. The summed E-state index contributed by atoms with van der Waals surface area (Å²) in [6.07, 6.45) is 0. The molecule has 49 heavy (non-hydrogen) atoms. The Balaban J connectivity index is 1.14. The van der Waals surface area contributed by atoms with Crippen molar-refractivity contribution in [1.82, 2.24) is 0 Å². The smallest absolute Gasteiger partial charge is 0.137 e. The standard InChI is InChI=1S/C46H29NOS/c1-2-10-30(11-3-1)36-12-4-5-13-37(36)31-18-21-33(22-19-31)47(35-24-26-40-39-14-6-8-16-42(39)48-43(40)29-35)34-23-25-38-32(28-34)20-27-45-46(38)41-15-7-9-17-44(41)49-45/h1-29H. The molecule has 0 N–H and O–H groups in total. The minimum atomic E-state index is 0.879. The third-order valence-corrected chi connectivity index (χ3v) is 10.8. The maximum absolute atomic E-state index is 6.37. The summed E-state index contributed by atoms with van der Waals surface area (Å²) in [6, 6.07) is 63.2. The van der Waals surface area contributed by atoms with Gasteiger partial charge < -0.3 is 9.32 Å². The lowest BCUT2D eigenvalue weighted by molar-refractivity contribution is 0.669. The summed E-state index contributed by atoms with van der Waals surface area (Å²) in [4.78, 5) is 2.34. The molecule has 2 nitrogen and oxygen atoms in total. The predicted octanol–water partition coefficient (Wildman–Crippen LogP) is 13.9. The van der Waals surface area contributed by atoms with Gasteiger partial charge in [-0.15, -0.1) is 11.3 Å². The van der Waals surface area contributed by atoms with Crippen molar-refractivity contribution in [2.24, 2.45) is 0 Å². The second-order valence-electron chi connectivity index (χ2n) is 12.5. The zero-order valence-electron chi connectivity index (χ0n) is 26.5. The third kappa shape index (κ3) is 4.62. The van der Waals surface area contributed by atoms with Crippen molar-refractivity contribution in [2.75, 3.05) is 4.90 Å². The molecule has 0 radical (unpaired) electrons. The van der Waals surface area contributed by atoms with Crippen LogP contribution in [0.4, 0.5) is 17.1 Å². The molecule has 10 aromatic rings. The molecule has 2 aromatic heterocycles. The second-order valence-corrected chi connectivity index (χ2v) is 13.6. The Bertz CT molecular complexity index is 2830. The number of fused-ring (bicyclic) bond motifs is 8. The number of anilines is 3. The van der Waals surface area contributed by atoms with Gasteiger partial charge in [0.15, 0.2) is 0 Å². The van der Waals surface area contributed by atoms with Crippen LogP contribution < -0.4 is 4.90 Å². The van der Waals surface area contributed by atoms with Crippen LogP contribution >= 0.6 is 11.3 Å². The van der Waals surface area contributed by atoms with Crippen molar-refractivity contribution in [3.05, 3.63) is 176 Å². The fraction of sp³-hybridized carbons (Fsp3) is 0. The second kappa shape index (κ2) is 11.2. The third-order valence-electron chi connectivity index (χ3n) is 9.67. The molecule has 0 unspecified atom stereocenters. The van der Waals surface area contributed by atoms with E-state index in [-0.39, 0.29) is 0 Å². The van der Waals surface area contributed by atoms with Gasteiger partial charge in [-0.1, -0.05) is 115 Å². The fourth-order valence-electron chi connectivity index (χ4n) is 7.38. The van der Waals surface area contributed by atoms with Crippen LogP contribution in [-0.4, -0.2) is 0 Å². The van der Waals surface area contributed by atoms with Gasteiger partial charge in [-0.2, -0.15) is 0 Å². The first-order chi connectivity index (χ1) is 24.3. The molecule has 0 spiro atoms. The normalized spacial score (nSPS) is 11.7. The number of furan rings is 1. The molecule has 8 aromatic carbocycles. The average Bonchev–Trinajstić information content (AvgIpc) is 3.74. The minimum Gasteiger partial charge on any atom is -0.456 e. The molecular formula is C46H29NOS. The minimum absolute atomic E-state index is 0.879. The first kappa shape index (κ1) is 27.9. The molecule has 0 saturated carbocycles. The van der Waals surface area contributed by atoms with Crippen molar-refractivity contribution in [1.29, 1.82) is 0 Å². The van der Waals surface area contributed by atoms with Crippen molar-refractivity contribution in [3.63, 3.8) is 0 Å². The number of benzene rings is 8. The summed E-state index contributed by atoms with van der Waals surface area (Å²) in [5.74, 6) is 0.